The molecule has 31 heavy (non-hydrogen) atoms. The van der Waals surface area contributed by atoms with Gasteiger partial charge in [0.2, 0.25) is 0 Å². The van der Waals surface area contributed by atoms with E-state index in [0.717, 1.165) is 45.7 Å². The molecule has 0 unspecified atom stereocenters. The number of nitrogens with one attached hydrogen (secondary N) is 3. The van der Waals surface area contributed by atoms with Gasteiger partial charge in [-0.2, -0.15) is 0 Å². The molecular formula is C27H60N4. The second kappa shape index (κ2) is 29.8. The molecule has 0 amide bonds. The predicted octanol–water partition coefficient (Wildman–Crippen LogP) is 6.15. The molecule has 0 atom stereocenters. The van der Waals surface area contributed by atoms with Crippen molar-refractivity contribution in [2.45, 2.75) is 129 Å². The van der Waals surface area contributed by atoms with Crippen LogP contribution < -0.4 is 21.7 Å². The van der Waals surface area contributed by atoms with Crippen LogP contribution in [0.15, 0.2) is 0 Å². The van der Waals surface area contributed by atoms with Crippen molar-refractivity contribution in [2.24, 2.45) is 5.73 Å². The lowest BCUT2D eigenvalue weighted by molar-refractivity contribution is 0.522. The Bertz CT molecular complexity index is 271. The average Bonchev–Trinajstić information content (AvgIpc) is 2.78. The summed E-state index contributed by atoms with van der Waals surface area (Å²) in [4.78, 5) is 0. The second-order valence-electron chi connectivity index (χ2n) is 9.40. The highest BCUT2D eigenvalue weighted by molar-refractivity contribution is 4.55. The summed E-state index contributed by atoms with van der Waals surface area (Å²) < 4.78 is 0. The lowest BCUT2D eigenvalue weighted by atomic mass is 10.0. The normalized spacial score (nSPS) is 11.4. The third-order valence-corrected chi connectivity index (χ3v) is 6.18. The van der Waals surface area contributed by atoms with E-state index in [1.807, 2.05) is 0 Å². The van der Waals surface area contributed by atoms with Gasteiger partial charge in [-0.1, -0.05) is 96.8 Å². The van der Waals surface area contributed by atoms with E-state index in [9.17, 15) is 0 Å². The van der Waals surface area contributed by atoms with Crippen LogP contribution in [0.2, 0.25) is 0 Å². The first-order valence-corrected chi connectivity index (χ1v) is 14.2. The van der Waals surface area contributed by atoms with E-state index in [2.05, 4.69) is 22.9 Å². The maximum Gasteiger partial charge on any atom is -0.00368 e. The summed E-state index contributed by atoms with van der Waals surface area (Å²) >= 11 is 0. The molecule has 0 saturated heterocycles. The lowest BCUT2D eigenvalue weighted by Gasteiger charge is -2.07. The molecule has 0 bridgehead atoms. The first-order chi connectivity index (χ1) is 15.4. The molecule has 0 aliphatic rings. The molecule has 0 heterocycles. The number of hydrogen-bond donors (Lipinski definition) is 4. The van der Waals surface area contributed by atoms with E-state index in [-0.39, 0.29) is 0 Å². The molecular weight excluding hydrogens is 380 g/mol. The molecule has 0 aromatic carbocycles. The van der Waals surface area contributed by atoms with Gasteiger partial charge in [0, 0.05) is 0 Å². The van der Waals surface area contributed by atoms with Crippen LogP contribution in [-0.2, 0) is 0 Å². The third-order valence-electron chi connectivity index (χ3n) is 6.18. The second-order valence-corrected chi connectivity index (χ2v) is 9.40. The van der Waals surface area contributed by atoms with Crippen LogP contribution in [0.1, 0.15) is 129 Å². The Balaban J connectivity index is 2.98. The van der Waals surface area contributed by atoms with Crippen molar-refractivity contribution in [1.29, 1.82) is 0 Å². The Morgan fingerprint density at radius 2 is 0.645 bits per heavy atom. The van der Waals surface area contributed by atoms with Crippen LogP contribution in [0, 0.1) is 0 Å². The van der Waals surface area contributed by atoms with E-state index in [4.69, 9.17) is 5.73 Å². The zero-order valence-electron chi connectivity index (χ0n) is 21.5. The topological polar surface area (TPSA) is 62.1 Å². The molecule has 0 aromatic heterocycles. The first-order valence-electron chi connectivity index (χ1n) is 14.2. The van der Waals surface area contributed by atoms with E-state index in [1.54, 1.807) is 0 Å². The summed E-state index contributed by atoms with van der Waals surface area (Å²) in [6.07, 6.45) is 26.5. The predicted molar refractivity (Wildman–Crippen MR) is 141 cm³/mol. The standard InChI is InChI=1S/C27H60N4/c1-2-3-4-5-6-7-8-9-10-11-12-13-14-15-16-22-30-26-20-27-31-24-18-17-23-29-25-19-21-28/h29-31H,2-28H2,1H3. The van der Waals surface area contributed by atoms with Gasteiger partial charge in [-0.15, -0.1) is 0 Å². The zero-order valence-corrected chi connectivity index (χ0v) is 21.5. The summed E-state index contributed by atoms with van der Waals surface area (Å²) in [6, 6.07) is 0. The minimum atomic E-state index is 0.794. The van der Waals surface area contributed by atoms with Gasteiger partial charge in [-0.3, -0.25) is 0 Å². The molecule has 4 heteroatoms. The van der Waals surface area contributed by atoms with Gasteiger partial charge in [-0.25, -0.2) is 0 Å². The first kappa shape index (κ1) is 30.8. The van der Waals surface area contributed by atoms with Crippen LogP contribution in [0.25, 0.3) is 0 Å². The number of unbranched alkanes of at least 4 members (excludes halogenated alkanes) is 15. The van der Waals surface area contributed by atoms with Crippen molar-refractivity contribution >= 4 is 0 Å². The maximum absolute atomic E-state index is 5.48. The molecule has 188 valence electrons. The average molecular weight is 441 g/mol. The van der Waals surface area contributed by atoms with Crippen LogP contribution in [-0.4, -0.2) is 45.8 Å². The van der Waals surface area contributed by atoms with Gasteiger partial charge in [0.1, 0.15) is 0 Å². The minimum Gasteiger partial charge on any atom is -0.330 e. The Kier molecular flexibility index (Phi) is 29.7. The molecule has 4 nitrogen and oxygen atoms in total. The molecule has 5 N–H and O–H groups in total. The molecule has 0 radical (unpaired) electrons. The van der Waals surface area contributed by atoms with Crippen LogP contribution in [0.4, 0.5) is 0 Å². The lowest BCUT2D eigenvalue weighted by Crippen LogP contribution is -2.24. The summed E-state index contributed by atoms with van der Waals surface area (Å²) in [6.45, 7) is 9.94. The van der Waals surface area contributed by atoms with Crippen molar-refractivity contribution in [3.63, 3.8) is 0 Å². The van der Waals surface area contributed by atoms with Crippen molar-refractivity contribution in [3.8, 4) is 0 Å². The van der Waals surface area contributed by atoms with Gasteiger partial charge in [0.25, 0.3) is 0 Å². The van der Waals surface area contributed by atoms with Gasteiger partial charge in [0.15, 0.2) is 0 Å². The Morgan fingerprint density at radius 1 is 0.355 bits per heavy atom. The van der Waals surface area contributed by atoms with Gasteiger partial charge in [0.05, 0.1) is 0 Å². The Labute approximate surface area is 196 Å². The highest BCUT2D eigenvalue weighted by Crippen LogP contribution is 2.13. The molecule has 0 saturated carbocycles. The maximum atomic E-state index is 5.48. The van der Waals surface area contributed by atoms with Gasteiger partial charge >= 0.3 is 0 Å². The fraction of sp³-hybridized carbons (Fsp3) is 1.00. The molecule has 0 aromatic rings. The molecule has 0 aliphatic carbocycles. The van der Waals surface area contributed by atoms with Crippen molar-refractivity contribution in [1.82, 2.24) is 16.0 Å². The fourth-order valence-electron chi connectivity index (χ4n) is 4.06. The molecule has 0 fully saturated rings. The van der Waals surface area contributed by atoms with Crippen LogP contribution >= 0.6 is 0 Å². The van der Waals surface area contributed by atoms with Crippen molar-refractivity contribution in [3.05, 3.63) is 0 Å². The third kappa shape index (κ3) is 29.8. The van der Waals surface area contributed by atoms with Crippen LogP contribution in [0.3, 0.4) is 0 Å². The quantitative estimate of drug-likeness (QED) is 0.110. The summed E-state index contributed by atoms with van der Waals surface area (Å²) in [7, 11) is 0. The van der Waals surface area contributed by atoms with E-state index in [1.165, 1.54) is 122 Å². The Hall–Kier alpha value is -0.160. The molecule has 0 aliphatic heterocycles. The number of nitrogens with two attached hydrogens (primary N) is 1. The Morgan fingerprint density at radius 3 is 1.03 bits per heavy atom. The van der Waals surface area contributed by atoms with Crippen LogP contribution in [0.5, 0.6) is 0 Å². The van der Waals surface area contributed by atoms with Crippen molar-refractivity contribution < 1.29 is 0 Å². The summed E-state index contributed by atoms with van der Waals surface area (Å²) in [5, 5.41) is 10.6. The number of hydrogen-bond acceptors (Lipinski definition) is 4. The SMILES string of the molecule is CCCCCCCCCCCCCCCCCNCCCNCCCCNCCCN. The highest BCUT2D eigenvalue weighted by Gasteiger charge is 1.95. The largest absolute Gasteiger partial charge is 0.330 e. The fourth-order valence-corrected chi connectivity index (χ4v) is 4.06. The number of rotatable bonds is 28. The highest BCUT2D eigenvalue weighted by atomic mass is 14.9. The zero-order chi connectivity index (χ0) is 22.5. The smallest absolute Gasteiger partial charge is 0.00368 e. The monoisotopic (exact) mass is 440 g/mol. The minimum absolute atomic E-state index is 0.794. The van der Waals surface area contributed by atoms with E-state index in [0.29, 0.717) is 0 Å². The molecule has 0 rings (SSSR count). The van der Waals surface area contributed by atoms with Gasteiger partial charge in [-0.05, 0) is 77.9 Å². The van der Waals surface area contributed by atoms with Gasteiger partial charge < -0.3 is 21.7 Å². The van der Waals surface area contributed by atoms with E-state index >= 15 is 0 Å². The van der Waals surface area contributed by atoms with E-state index < -0.39 is 0 Å². The van der Waals surface area contributed by atoms with Crippen molar-refractivity contribution in [2.75, 3.05) is 45.8 Å². The summed E-state index contributed by atoms with van der Waals surface area (Å²) in [5.74, 6) is 0. The summed E-state index contributed by atoms with van der Waals surface area (Å²) in [5.41, 5.74) is 5.48. The molecule has 0 spiro atoms.